The molecule has 0 heterocycles. The summed E-state index contributed by atoms with van der Waals surface area (Å²) in [5, 5.41) is 18.6. The van der Waals surface area contributed by atoms with Gasteiger partial charge in [-0.15, -0.1) is 0 Å². The van der Waals surface area contributed by atoms with E-state index in [2.05, 4.69) is 0 Å². The number of carbonyl (C=O) groups is 2. The summed E-state index contributed by atoms with van der Waals surface area (Å²) in [7, 11) is 0. The Morgan fingerprint density at radius 1 is 1.60 bits per heavy atom. The lowest BCUT2D eigenvalue weighted by Gasteiger charge is -2.02. The first-order valence-corrected chi connectivity index (χ1v) is 2.71. The van der Waals surface area contributed by atoms with Gasteiger partial charge in [0.25, 0.3) is 0 Å². The summed E-state index contributed by atoms with van der Waals surface area (Å²) < 4.78 is 0. The molecule has 0 aliphatic heterocycles. The second-order valence-corrected chi connectivity index (χ2v) is 1.79. The highest BCUT2D eigenvalue weighted by molar-refractivity contribution is 5.83. The Kier molecular flexibility index (Phi) is 3.42. The number of aliphatic carboxylic acids is 1. The predicted octanol–water partition coefficient (Wildman–Crippen LogP) is -1.43. The van der Waals surface area contributed by atoms with Gasteiger partial charge in [-0.1, -0.05) is 0 Å². The van der Waals surface area contributed by atoms with Gasteiger partial charge in [-0.3, -0.25) is 9.59 Å². The van der Waals surface area contributed by atoms with Gasteiger partial charge in [-0.05, 0) is 6.92 Å². The van der Waals surface area contributed by atoms with Crippen LogP contribution in [0.5, 0.6) is 0 Å². The summed E-state index contributed by atoms with van der Waals surface area (Å²) in [6, 6.07) is 0. The van der Waals surface area contributed by atoms with Crippen LogP contribution in [0.25, 0.3) is 0 Å². The molecular formula is C5H9NO4. The third-order valence-corrected chi connectivity index (χ3v) is 0.793. The van der Waals surface area contributed by atoms with Gasteiger partial charge in [0.1, 0.15) is 12.6 Å². The van der Waals surface area contributed by atoms with Crippen molar-refractivity contribution in [1.82, 2.24) is 5.32 Å². The summed E-state index contributed by atoms with van der Waals surface area (Å²) >= 11 is 0. The molecule has 0 saturated heterocycles. The number of aliphatic hydroxyl groups excluding tert-OH is 1. The minimum Gasteiger partial charge on any atom is -0.480 e. The largest absolute Gasteiger partial charge is 0.480 e. The van der Waals surface area contributed by atoms with Crippen molar-refractivity contribution in [3.63, 3.8) is 0 Å². The molecule has 0 aliphatic rings. The van der Waals surface area contributed by atoms with Gasteiger partial charge in [-0.25, -0.2) is 0 Å². The quantitative estimate of drug-likeness (QED) is 0.456. The summed E-state index contributed by atoms with van der Waals surface area (Å²) in [6.45, 7) is 0.806. The summed E-state index contributed by atoms with van der Waals surface area (Å²) in [5.74, 6) is -1.81. The number of carbonyl (C=O) groups excluding carboxylic acids is 1. The predicted molar refractivity (Wildman–Crippen MR) is 32.3 cm³/mol. The number of carboxylic acids is 1. The zero-order chi connectivity index (χ0) is 8.15. The minimum absolute atomic E-state index is 0.455. The number of hydrogen-bond donors (Lipinski definition) is 3. The third-order valence-electron chi connectivity index (χ3n) is 0.793. The summed E-state index contributed by atoms with van der Waals surface area (Å²) in [4.78, 5) is 20.3. The fourth-order valence-corrected chi connectivity index (χ4v) is 0.310. The Labute approximate surface area is 57.7 Å². The van der Waals surface area contributed by atoms with E-state index in [0.29, 0.717) is 0 Å². The zero-order valence-electron chi connectivity index (χ0n) is 5.50. The molecule has 5 nitrogen and oxygen atoms in total. The van der Waals surface area contributed by atoms with Crippen molar-refractivity contribution in [2.45, 2.75) is 13.0 Å². The van der Waals surface area contributed by atoms with Gasteiger partial charge in [0.2, 0.25) is 5.91 Å². The minimum atomic E-state index is -1.15. The van der Waals surface area contributed by atoms with E-state index in [-0.39, 0.29) is 0 Å². The Hall–Kier alpha value is -1.10. The van der Waals surface area contributed by atoms with Gasteiger partial charge in [0.05, 0.1) is 0 Å². The average molecular weight is 147 g/mol. The molecule has 58 valence electrons. The van der Waals surface area contributed by atoms with E-state index >= 15 is 0 Å². The van der Waals surface area contributed by atoms with Crippen LogP contribution in [-0.4, -0.2) is 34.7 Å². The van der Waals surface area contributed by atoms with E-state index in [9.17, 15) is 9.59 Å². The number of aliphatic hydroxyl groups is 1. The van der Waals surface area contributed by atoms with Crippen molar-refractivity contribution < 1.29 is 19.8 Å². The van der Waals surface area contributed by atoms with Crippen molar-refractivity contribution in [2.75, 3.05) is 6.54 Å². The maximum Gasteiger partial charge on any atom is 0.322 e. The Balaban J connectivity index is 3.50. The molecule has 0 bridgehead atoms. The van der Waals surface area contributed by atoms with Crippen LogP contribution < -0.4 is 5.32 Å². The topological polar surface area (TPSA) is 86.6 Å². The SMILES string of the molecule is C[C@H](O)C(=O)NCC(=O)O. The molecule has 3 N–H and O–H groups in total. The van der Waals surface area contributed by atoms with Crippen molar-refractivity contribution in [3.8, 4) is 0 Å². The molecule has 0 rings (SSSR count). The number of rotatable bonds is 3. The van der Waals surface area contributed by atoms with E-state index in [4.69, 9.17) is 10.2 Å². The highest BCUT2D eigenvalue weighted by atomic mass is 16.4. The number of amides is 1. The fraction of sp³-hybridized carbons (Fsp3) is 0.600. The maximum atomic E-state index is 10.4. The Bertz CT molecular complexity index is 143. The van der Waals surface area contributed by atoms with Crippen molar-refractivity contribution >= 4 is 11.9 Å². The number of carboxylic acid groups (broad SMARTS) is 1. The molecular weight excluding hydrogens is 138 g/mol. The van der Waals surface area contributed by atoms with Gasteiger partial charge in [0.15, 0.2) is 0 Å². The molecule has 0 aromatic rings. The van der Waals surface area contributed by atoms with Crippen molar-refractivity contribution in [1.29, 1.82) is 0 Å². The lowest BCUT2D eigenvalue weighted by molar-refractivity contribution is -0.139. The van der Waals surface area contributed by atoms with E-state index < -0.39 is 24.5 Å². The molecule has 0 spiro atoms. The second-order valence-electron chi connectivity index (χ2n) is 1.79. The van der Waals surface area contributed by atoms with E-state index in [0.717, 1.165) is 0 Å². The van der Waals surface area contributed by atoms with E-state index in [1.165, 1.54) is 6.92 Å². The van der Waals surface area contributed by atoms with Crippen LogP contribution in [-0.2, 0) is 9.59 Å². The third kappa shape index (κ3) is 3.85. The molecule has 10 heavy (non-hydrogen) atoms. The van der Waals surface area contributed by atoms with Gasteiger partial charge < -0.3 is 15.5 Å². The molecule has 0 aromatic heterocycles. The molecule has 5 heteroatoms. The molecule has 1 amide bonds. The molecule has 0 unspecified atom stereocenters. The van der Waals surface area contributed by atoms with Gasteiger partial charge >= 0.3 is 5.97 Å². The number of nitrogens with one attached hydrogen (secondary N) is 1. The monoisotopic (exact) mass is 147 g/mol. The van der Waals surface area contributed by atoms with E-state index in [1.54, 1.807) is 0 Å². The smallest absolute Gasteiger partial charge is 0.322 e. The fourth-order valence-electron chi connectivity index (χ4n) is 0.310. The first-order valence-electron chi connectivity index (χ1n) is 2.71. The van der Waals surface area contributed by atoms with Crippen LogP contribution in [0.3, 0.4) is 0 Å². The van der Waals surface area contributed by atoms with Crippen LogP contribution in [0.1, 0.15) is 6.92 Å². The van der Waals surface area contributed by atoms with Gasteiger partial charge in [-0.2, -0.15) is 0 Å². The van der Waals surface area contributed by atoms with Crippen LogP contribution >= 0.6 is 0 Å². The molecule has 1 atom stereocenters. The maximum absolute atomic E-state index is 10.4. The number of hydrogen-bond acceptors (Lipinski definition) is 3. The highest BCUT2D eigenvalue weighted by Gasteiger charge is 2.08. The van der Waals surface area contributed by atoms with Crippen LogP contribution in [0.15, 0.2) is 0 Å². The van der Waals surface area contributed by atoms with Crippen molar-refractivity contribution in [3.05, 3.63) is 0 Å². The first-order chi connectivity index (χ1) is 4.54. The Morgan fingerprint density at radius 2 is 2.10 bits per heavy atom. The van der Waals surface area contributed by atoms with E-state index in [1.807, 2.05) is 5.32 Å². The molecule has 0 radical (unpaired) electrons. The first kappa shape index (κ1) is 8.90. The molecule has 0 aromatic carbocycles. The highest BCUT2D eigenvalue weighted by Crippen LogP contribution is 1.77. The normalized spacial score (nSPS) is 12.2. The summed E-state index contributed by atoms with van der Waals surface area (Å²) in [6.07, 6.45) is -1.15. The van der Waals surface area contributed by atoms with Gasteiger partial charge in [0, 0.05) is 0 Å². The lowest BCUT2D eigenvalue weighted by Crippen LogP contribution is -2.35. The molecule has 0 saturated carbocycles. The summed E-state index contributed by atoms with van der Waals surface area (Å²) in [5.41, 5.74) is 0. The van der Waals surface area contributed by atoms with Crippen LogP contribution in [0.4, 0.5) is 0 Å². The zero-order valence-corrected chi connectivity index (χ0v) is 5.50. The lowest BCUT2D eigenvalue weighted by atomic mass is 10.4. The van der Waals surface area contributed by atoms with Crippen LogP contribution in [0, 0.1) is 0 Å². The second kappa shape index (κ2) is 3.84. The standard InChI is InChI=1S/C5H9NO4/c1-3(7)5(10)6-2-4(8)9/h3,7H,2H2,1H3,(H,6,10)(H,8,9)/t3-/m0/s1. The Morgan fingerprint density at radius 3 is 2.40 bits per heavy atom. The van der Waals surface area contributed by atoms with Crippen molar-refractivity contribution in [2.24, 2.45) is 0 Å². The molecule has 0 aliphatic carbocycles. The average Bonchev–Trinajstić information content (AvgIpc) is 1.82. The molecule has 0 fully saturated rings. The van der Waals surface area contributed by atoms with Crippen LogP contribution in [0.2, 0.25) is 0 Å².